The second-order valence-corrected chi connectivity index (χ2v) is 11.7. The zero-order valence-electron chi connectivity index (χ0n) is 19.9. The van der Waals surface area contributed by atoms with Gasteiger partial charge in [0.25, 0.3) is 0 Å². The van der Waals surface area contributed by atoms with Gasteiger partial charge >= 0.3 is 0 Å². The van der Waals surface area contributed by atoms with Crippen molar-refractivity contribution in [2.24, 2.45) is 0 Å². The number of unbranched alkanes of at least 4 members (excludes halogenated alkanes) is 3. The fraction of sp³-hybridized carbons (Fsp3) is 0.519. The number of aryl methyl sites for hydroxylation is 1. The molecule has 0 unspecified atom stereocenters. The molecule has 2 heterocycles. The van der Waals surface area contributed by atoms with Crippen LogP contribution in [0.3, 0.4) is 0 Å². The molecule has 4 nitrogen and oxygen atoms in total. The molecule has 0 aliphatic carbocycles. The Labute approximate surface area is 196 Å². The number of nitrogens with zero attached hydrogens (tertiary/aromatic N) is 2. The van der Waals surface area contributed by atoms with Gasteiger partial charge in [-0.25, -0.2) is 9.97 Å². The molecule has 0 spiro atoms. The molecule has 32 heavy (non-hydrogen) atoms. The topological polar surface area (TPSA) is 65.9 Å². The summed E-state index contributed by atoms with van der Waals surface area (Å²) in [5, 5.41) is 10.7. The maximum Gasteiger partial charge on any atom is 0.133 e. The van der Waals surface area contributed by atoms with Crippen LogP contribution in [0.2, 0.25) is 0 Å². The number of carboxylic acids is 1. The first-order valence-electron chi connectivity index (χ1n) is 11.5. The summed E-state index contributed by atoms with van der Waals surface area (Å²) in [5.74, 6) is 5.61. The smallest absolute Gasteiger partial charge is 0.133 e. The predicted octanol–water partition coefficient (Wildman–Crippen LogP) is 4.84. The number of fused-ring (bicyclic) bond motifs is 1. The van der Waals surface area contributed by atoms with Crippen molar-refractivity contribution in [3.63, 3.8) is 0 Å². The van der Waals surface area contributed by atoms with E-state index in [0.29, 0.717) is 5.56 Å². The predicted molar refractivity (Wildman–Crippen MR) is 129 cm³/mol. The number of hydrogen-bond donors (Lipinski definition) is 0. The van der Waals surface area contributed by atoms with E-state index in [2.05, 4.69) is 68.6 Å². The van der Waals surface area contributed by atoms with E-state index >= 15 is 0 Å². The average Bonchev–Trinajstić information content (AvgIpc) is 2.69. The van der Waals surface area contributed by atoms with E-state index in [0.717, 1.165) is 18.4 Å². The van der Waals surface area contributed by atoms with E-state index in [1.165, 1.54) is 41.7 Å². The summed E-state index contributed by atoms with van der Waals surface area (Å²) >= 11 is 1.98. The lowest BCUT2D eigenvalue weighted by Gasteiger charge is -2.42. The van der Waals surface area contributed by atoms with E-state index in [4.69, 9.17) is 0 Å². The van der Waals surface area contributed by atoms with Gasteiger partial charge in [0.15, 0.2) is 0 Å². The van der Waals surface area contributed by atoms with Crippen LogP contribution in [0.1, 0.15) is 94.8 Å². The van der Waals surface area contributed by atoms with Crippen molar-refractivity contribution < 1.29 is 9.90 Å². The number of carbonyl (C=O) groups is 1. The van der Waals surface area contributed by atoms with Crippen molar-refractivity contribution in [2.45, 2.75) is 94.6 Å². The Bertz CT molecular complexity index is 1030. The minimum Gasteiger partial charge on any atom is -0.550 e. The number of carboxylic acid groups (broad SMARTS) is 1. The molecule has 2 aromatic rings. The maximum atomic E-state index is 10.7. The molecule has 0 saturated heterocycles. The van der Waals surface area contributed by atoms with Gasteiger partial charge in [-0.1, -0.05) is 65.7 Å². The third-order valence-corrected chi connectivity index (χ3v) is 7.09. The number of thioether (sulfide) groups is 1. The van der Waals surface area contributed by atoms with Crippen LogP contribution in [0.15, 0.2) is 29.4 Å². The first-order chi connectivity index (χ1) is 15.1. The third-order valence-electron chi connectivity index (χ3n) is 5.84. The van der Waals surface area contributed by atoms with Crippen LogP contribution in [0.4, 0.5) is 0 Å². The summed E-state index contributed by atoms with van der Waals surface area (Å²) in [6.45, 7) is 11.6. The lowest BCUT2D eigenvalue weighted by molar-refractivity contribution is -0.304. The highest BCUT2D eigenvalue weighted by Gasteiger charge is 2.38. The van der Waals surface area contributed by atoms with Crippen LogP contribution in [0, 0.1) is 11.8 Å². The van der Waals surface area contributed by atoms with Crippen molar-refractivity contribution in [3.8, 4) is 11.8 Å². The van der Waals surface area contributed by atoms with Gasteiger partial charge in [0, 0.05) is 40.0 Å². The Morgan fingerprint density at radius 1 is 1.09 bits per heavy atom. The lowest BCUT2D eigenvalue weighted by Crippen LogP contribution is -2.33. The van der Waals surface area contributed by atoms with Gasteiger partial charge in [-0.05, 0) is 47.9 Å². The van der Waals surface area contributed by atoms with Crippen LogP contribution in [0.25, 0.3) is 0 Å². The Morgan fingerprint density at radius 3 is 2.47 bits per heavy atom. The zero-order valence-corrected chi connectivity index (χ0v) is 20.7. The highest BCUT2D eigenvalue weighted by atomic mass is 32.2. The summed E-state index contributed by atoms with van der Waals surface area (Å²) in [6, 6.07) is 4.67. The van der Waals surface area contributed by atoms with Crippen molar-refractivity contribution in [1.29, 1.82) is 0 Å². The number of hydrogen-bond acceptors (Lipinski definition) is 5. The van der Waals surface area contributed by atoms with Gasteiger partial charge in [-0.15, -0.1) is 11.8 Å². The molecule has 0 atom stereocenters. The fourth-order valence-corrected chi connectivity index (χ4v) is 6.25. The normalized spacial score (nSPS) is 16.0. The quantitative estimate of drug-likeness (QED) is 0.447. The molecule has 3 rings (SSSR count). The summed E-state index contributed by atoms with van der Waals surface area (Å²) < 4.78 is 0.216. The van der Waals surface area contributed by atoms with E-state index in [9.17, 15) is 9.90 Å². The van der Waals surface area contributed by atoms with Crippen molar-refractivity contribution in [3.05, 3.63) is 52.6 Å². The molecule has 1 aliphatic rings. The largest absolute Gasteiger partial charge is 0.550 e. The Balaban J connectivity index is 1.95. The van der Waals surface area contributed by atoms with E-state index in [1.54, 1.807) is 12.4 Å². The van der Waals surface area contributed by atoms with Gasteiger partial charge in [0.1, 0.15) is 5.82 Å². The Hall–Kier alpha value is -2.32. The first-order valence-corrected chi connectivity index (χ1v) is 12.3. The number of benzene rings is 1. The minimum absolute atomic E-state index is 0.0941. The first kappa shape index (κ1) is 24.3. The van der Waals surface area contributed by atoms with Gasteiger partial charge in [0.2, 0.25) is 0 Å². The van der Waals surface area contributed by atoms with E-state index < -0.39 is 5.97 Å². The molecule has 0 fully saturated rings. The number of carbonyl (C=O) groups excluding carboxylic acids is 1. The van der Waals surface area contributed by atoms with Crippen LogP contribution < -0.4 is 5.11 Å². The Morgan fingerprint density at radius 2 is 1.81 bits per heavy atom. The number of rotatable bonds is 7. The van der Waals surface area contributed by atoms with Crippen molar-refractivity contribution in [2.75, 3.05) is 0 Å². The molecule has 0 amide bonds. The third kappa shape index (κ3) is 6.36. The standard InChI is InChI=1S/C27H34N2O2S/c1-6-7-8-9-10-20-14-23-22(26(2,3)18-27(4,5)32-23)13-21(20)12-11-19-16-28-24(29-17-19)15-25(30)31/h13-14,16-17H,6-10,15,18H2,1-5H3,(H,30,31)/p-1. The molecule has 170 valence electrons. The average molecular weight is 450 g/mol. The van der Waals surface area contributed by atoms with Crippen LogP contribution in [-0.2, 0) is 23.1 Å². The summed E-state index contributed by atoms with van der Waals surface area (Å²) in [6.07, 6.45) is 9.91. The molecule has 0 bridgehead atoms. The zero-order chi connectivity index (χ0) is 23.4. The minimum atomic E-state index is -1.19. The fourth-order valence-electron chi connectivity index (χ4n) is 4.57. The Kier molecular flexibility index (Phi) is 7.67. The highest BCUT2D eigenvalue weighted by Crippen LogP contribution is 2.51. The second-order valence-electron chi connectivity index (χ2n) is 9.93. The van der Waals surface area contributed by atoms with Gasteiger partial charge in [-0.3, -0.25) is 0 Å². The summed E-state index contributed by atoms with van der Waals surface area (Å²) in [7, 11) is 0. The molecule has 0 saturated carbocycles. The SMILES string of the molecule is CCCCCCc1cc2c(cc1C#Cc1cnc(CC(=O)[O-])nc1)C(C)(C)CC(C)(C)S2. The van der Waals surface area contributed by atoms with E-state index in [-0.39, 0.29) is 22.4 Å². The molecule has 0 N–H and O–H groups in total. The molecule has 5 heteroatoms. The second kappa shape index (κ2) is 10.1. The monoisotopic (exact) mass is 449 g/mol. The van der Waals surface area contributed by atoms with Gasteiger partial charge in [-0.2, -0.15) is 0 Å². The highest BCUT2D eigenvalue weighted by molar-refractivity contribution is 8.00. The molecule has 1 aliphatic heterocycles. The van der Waals surface area contributed by atoms with Gasteiger partial charge in [0.05, 0.1) is 5.56 Å². The van der Waals surface area contributed by atoms with Gasteiger partial charge < -0.3 is 9.90 Å². The van der Waals surface area contributed by atoms with E-state index in [1.807, 2.05) is 11.8 Å². The van der Waals surface area contributed by atoms with Crippen LogP contribution >= 0.6 is 11.8 Å². The summed E-state index contributed by atoms with van der Waals surface area (Å²) in [4.78, 5) is 20.3. The number of aliphatic carboxylic acids is 1. The van der Waals surface area contributed by atoms with Crippen molar-refractivity contribution in [1.82, 2.24) is 9.97 Å². The number of aromatic nitrogens is 2. The van der Waals surface area contributed by atoms with Crippen molar-refractivity contribution >= 4 is 17.7 Å². The molecule has 0 radical (unpaired) electrons. The molecular formula is C27H33N2O2S-. The lowest BCUT2D eigenvalue weighted by atomic mass is 9.76. The van der Waals surface area contributed by atoms with Crippen LogP contribution in [-0.4, -0.2) is 20.7 Å². The maximum absolute atomic E-state index is 10.7. The molecule has 1 aromatic carbocycles. The molecular weight excluding hydrogens is 416 g/mol. The van der Waals surface area contributed by atoms with Crippen LogP contribution in [0.5, 0.6) is 0 Å². The molecule has 1 aromatic heterocycles. The summed E-state index contributed by atoms with van der Waals surface area (Å²) in [5.41, 5.74) is 4.53.